The summed E-state index contributed by atoms with van der Waals surface area (Å²) in [6.07, 6.45) is 0.758. The van der Waals surface area contributed by atoms with Crippen LogP contribution >= 0.6 is 24.4 Å². The summed E-state index contributed by atoms with van der Waals surface area (Å²) in [4.78, 5) is 0. The molecule has 0 spiro atoms. The van der Waals surface area contributed by atoms with Crippen molar-refractivity contribution in [3.05, 3.63) is 40.9 Å². The summed E-state index contributed by atoms with van der Waals surface area (Å²) < 4.78 is 2.15. The number of hydrogen-bond donors (Lipinski definition) is 3. The monoisotopic (exact) mass is 279 g/mol. The third-order valence-electron chi connectivity index (χ3n) is 2.30. The second kappa shape index (κ2) is 5.74. The second-order valence-corrected chi connectivity index (χ2v) is 4.36. The molecule has 2 aromatic rings. The standard InChI is InChI=1S/C11H13N5S2/c1-2-9-13-14-11(18)16(9)15-10(17)12-8-6-4-3-5-7-8/h3-7H,2H2,1H3,(H,14,18)(H2,12,15,17). The number of nitrogens with zero attached hydrogens (tertiary/aromatic N) is 2. The van der Waals surface area contributed by atoms with Crippen molar-refractivity contribution in [2.45, 2.75) is 13.3 Å². The lowest BCUT2D eigenvalue weighted by atomic mass is 10.3. The molecule has 7 heteroatoms. The zero-order chi connectivity index (χ0) is 13.0. The number of hydrogen-bond acceptors (Lipinski definition) is 3. The Hall–Kier alpha value is -1.73. The third-order valence-corrected chi connectivity index (χ3v) is 2.77. The lowest BCUT2D eigenvalue weighted by Gasteiger charge is -2.11. The molecule has 0 saturated carbocycles. The molecule has 1 aromatic heterocycles. The van der Waals surface area contributed by atoms with Gasteiger partial charge in [-0.2, -0.15) is 5.10 Å². The van der Waals surface area contributed by atoms with Crippen molar-refractivity contribution in [2.75, 3.05) is 10.7 Å². The van der Waals surface area contributed by atoms with Gasteiger partial charge in [-0.05, 0) is 36.6 Å². The van der Waals surface area contributed by atoms with Crippen LogP contribution in [-0.2, 0) is 6.42 Å². The molecule has 2 rings (SSSR count). The van der Waals surface area contributed by atoms with E-state index in [0.29, 0.717) is 9.88 Å². The van der Waals surface area contributed by atoms with Gasteiger partial charge in [0.05, 0.1) is 0 Å². The summed E-state index contributed by atoms with van der Waals surface area (Å²) in [6.45, 7) is 2.00. The van der Waals surface area contributed by atoms with Gasteiger partial charge in [-0.25, -0.2) is 4.68 Å². The van der Waals surface area contributed by atoms with Gasteiger partial charge in [-0.15, -0.1) is 0 Å². The fourth-order valence-corrected chi connectivity index (χ4v) is 1.87. The molecule has 1 aromatic carbocycles. The number of nitrogens with one attached hydrogen (secondary N) is 3. The quantitative estimate of drug-likeness (QED) is 0.753. The van der Waals surface area contributed by atoms with E-state index in [-0.39, 0.29) is 0 Å². The van der Waals surface area contributed by atoms with Crippen molar-refractivity contribution in [3.63, 3.8) is 0 Å². The first-order chi connectivity index (χ1) is 8.70. The van der Waals surface area contributed by atoms with Crippen LogP contribution in [-0.4, -0.2) is 20.0 Å². The van der Waals surface area contributed by atoms with Crippen LogP contribution in [0.25, 0.3) is 0 Å². The molecular weight excluding hydrogens is 266 g/mol. The largest absolute Gasteiger partial charge is 0.331 e. The fraction of sp³-hybridized carbons (Fsp3) is 0.182. The van der Waals surface area contributed by atoms with Gasteiger partial charge in [0.2, 0.25) is 4.77 Å². The normalized spacial score (nSPS) is 10.1. The molecule has 0 aliphatic heterocycles. The van der Waals surface area contributed by atoms with Gasteiger partial charge in [0.15, 0.2) is 10.9 Å². The molecule has 1 heterocycles. The first kappa shape index (κ1) is 12.7. The maximum absolute atomic E-state index is 5.22. The number of aromatic amines is 1. The molecule has 3 N–H and O–H groups in total. The van der Waals surface area contributed by atoms with E-state index in [2.05, 4.69) is 20.9 Å². The minimum Gasteiger partial charge on any atom is -0.331 e. The molecule has 0 atom stereocenters. The fourth-order valence-electron chi connectivity index (χ4n) is 1.46. The minimum atomic E-state index is 0.466. The summed E-state index contributed by atoms with van der Waals surface area (Å²) in [7, 11) is 0. The van der Waals surface area contributed by atoms with E-state index in [9.17, 15) is 0 Å². The van der Waals surface area contributed by atoms with Crippen LogP contribution in [0.3, 0.4) is 0 Å². The van der Waals surface area contributed by atoms with Crippen molar-refractivity contribution in [3.8, 4) is 0 Å². The molecule has 0 radical (unpaired) electrons. The number of anilines is 1. The van der Waals surface area contributed by atoms with Crippen molar-refractivity contribution in [1.82, 2.24) is 14.9 Å². The second-order valence-electron chi connectivity index (χ2n) is 3.57. The van der Waals surface area contributed by atoms with Gasteiger partial charge >= 0.3 is 0 Å². The zero-order valence-corrected chi connectivity index (χ0v) is 11.4. The summed E-state index contributed by atoms with van der Waals surface area (Å²) in [5, 5.41) is 10.3. The summed E-state index contributed by atoms with van der Waals surface area (Å²) in [5.74, 6) is 0.803. The van der Waals surface area contributed by atoms with Crippen LogP contribution in [0, 0.1) is 4.77 Å². The Kier molecular flexibility index (Phi) is 4.06. The Bertz CT molecular complexity index is 587. The van der Waals surface area contributed by atoms with Gasteiger partial charge in [0, 0.05) is 12.1 Å². The molecule has 0 saturated heterocycles. The van der Waals surface area contributed by atoms with Gasteiger partial charge in [0.1, 0.15) is 0 Å². The van der Waals surface area contributed by atoms with Crippen LogP contribution in [0.2, 0.25) is 0 Å². The zero-order valence-electron chi connectivity index (χ0n) is 9.80. The van der Waals surface area contributed by atoms with Crippen LogP contribution in [0.4, 0.5) is 5.69 Å². The summed E-state index contributed by atoms with van der Waals surface area (Å²) in [6, 6.07) is 9.69. The molecule has 0 unspecified atom stereocenters. The lowest BCUT2D eigenvalue weighted by molar-refractivity contribution is 0.839. The Morgan fingerprint density at radius 1 is 1.39 bits per heavy atom. The highest BCUT2D eigenvalue weighted by Crippen LogP contribution is 2.05. The molecule has 0 amide bonds. The first-order valence-electron chi connectivity index (χ1n) is 5.50. The van der Waals surface area contributed by atoms with Gasteiger partial charge in [-0.1, -0.05) is 25.1 Å². The molecular formula is C11H13N5S2. The van der Waals surface area contributed by atoms with E-state index in [1.54, 1.807) is 4.68 Å². The predicted octanol–water partition coefficient (Wildman–Crippen LogP) is 2.44. The highest BCUT2D eigenvalue weighted by molar-refractivity contribution is 7.80. The van der Waals surface area contributed by atoms with Crippen molar-refractivity contribution in [1.29, 1.82) is 0 Å². The Balaban J connectivity index is 2.08. The summed E-state index contributed by atoms with van der Waals surface area (Å²) in [5.41, 5.74) is 3.92. The molecule has 18 heavy (non-hydrogen) atoms. The Labute approximate surface area is 115 Å². The lowest BCUT2D eigenvalue weighted by Crippen LogP contribution is -2.28. The molecule has 0 bridgehead atoms. The topological polar surface area (TPSA) is 57.7 Å². The van der Waals surface area contributed by atoms with Crippen LogP contribution in [0.15, 0.2) is 30.3 Å². The van der Waals surface area contributed by atoms with Gasteiger partial charge in [0.25, 0.3) is 0 Å². The van der Waals surface area contributed by atoms with Crippen LogP contribution < -0.4 is 10.7 Å². The maximum atomic E-state index is 5.22. The number of aryl methyl sites for hydroxylation is 1. The van der Waals surface area contributed by atoms with Crippen molar-refractivity contribution in [2.24, 2.45) is 0 Å². The van der Waals surface area contributed by atoms with Gasteiger partial charge in [-0.3, -0.25) is 10.5 Å². The van der Waals surface area contributed by atoms with Crippen LogP contribution in [0.1, 0.15) is 12.7 Å². The molecule has 94 valence electrons. The number of benzene rings is 1. The van der Waals surface area contributed by atoms with E-state index in [0.717, 1.165) is 17.9 Å². The average Bonchev–Trinajstić information content (AvgIpc) is 2.72. The maximum Gasteiger partial charge on any atom is 0.214 e. The van der Waals surface area contributed by atoms with E-state index in [1.165, 1.54) is 0 Å². The number of rotatable bonds is 3. The number of para-hydroxylation sites is 1. The van der Waals surface area contributed by atoms with Crippen molar-refractivity contribution < 1.29 is 0 Å². The predicted molar refractivity (Wildman–Crippen MR) is 78.8 cm³/mol. The van der Waals surface area contributed by atoms with E-state index in [4.69, 9.17) is 24.4 Å². The third kappa shape index (κ3) is 2.93. The first-order valence-corrected chi connectivity index (χ1v) is 6.31. The SMILES string of the molecule is CCc1n[nH]c(=S)n1NC(=S)Nc1ccccc1. The van der Waals surface area contributed by atoms with Gasteiger partial charge < -0.3 is 5.32 Å². The summed E-state index contributed by atoms with van der Waals surface area (Å²) >= 11 is 10.3. The minimum absolute atomic E-state index is 0.466. The number of thiocarbonyl (C=S) groups is 1. The smallest absolute Gasteiger partial charge is 0.214 e. The highest BCUT2D eigenvalue weighted by Gasteiger charge is 2.05. The molecule has 0 fully saturated rings. The van der Waals surface area contributed by atoms with E-state index in [1.807, 2.05) is 37.3 Å². The Morgan fingerprint density at radius 2 is 2.11 bits per heavy atom. The van der Waals surface area contributed by atoms with Crippen molar-refractivity contribution >= 4 is 35.2 Å². The molecule has 0 aliphatic rings. The van der Waals surface area contributed by atoms with E-state index < -0.39 is 0 Å². The molecule has 0 aliphatic carbocycles. The average molecular weight is 279 g/mol. The Morgan fingerprint density at radius 3 is 2.78 bits per heavy atom. The number of H-pyrrole nitrogens is 1. The number of aromatic nitrogens is 3. The molecule has 5 nitrogen and oxygen atoms in total. The van der Waals surface area contributed by atoms with Crippen LogP contribution in [0.5, 0.6) is 0 Å². The highest BCUT2D eigenvalue weighted by atomic mass is 32.1. The van der Waals surface area contributed by atoms with E-state index >= 15 is 0 Å².